The zero-order valence-corrected chi connectivity index (χ0v) is 11.9. The molecular formula is C13H20BrNO. The van der Waals surface area contributed by atoms with Crippen molar-refractivity contribution in [3.63, 3.8) is 0 Å². The van der Waals surface area contributed by atoms with E-state index in [4.69, 9.17) is 0 Å². The number of rotatable bonds is 4. The molecule has 3 heteroatoms. The molecule has 0 amide bonds. The van der Waals surface area contributed by atoms with Crippen molar-refractivity contribution < 1.29 is 5.11 Å². The fourth-order valence-electron chi connectivity index (χ4n) is 1.88. The Bertz CT molecular complexity index is 363. The summed E-state index contributed by atoms with van der Waals surface area (Å²) in [5.41, 5.74) is 1.94. The van der Waals surface area contributed by atoms with Crippen LogP contribution >= 0.6 is 15.9 Å². The van der Waals surface area contributed by atoms with Crippen LogP contribution in [0.3, 0.4) is 0 Å². The van der Waals surface area contributed by atoms with Gasteiger partial charge >= 0.3 is 0 Å². The molecule has 0 saturated heterocycles. The van der Waals surface area contributed by atoms with Gasteiger partial charge in [0.15, 0.2) is 0 Å². The van der Waals surface area contributed by atoms with Crippen LogP contribution in [-0.2, 0) is 0 Å². The lowest BCUT2D eigenvalue weighted by Gasteiger charge is -2.31. The molecular weight excluding hydrogens is 266 g/mol. The van der Waals surface area contributed by atoms with Crippen molar-refractivity contribution in [1.29, 1.82) is 0 Å². The van der Waals surface area contributed by atoms with Crippen molar-refractivity contribution in [2.24, 2.45) is 5.41 Å². The second kappa shape index (κ2) is 5.30. The molecule has 1 atom stereocenters. The number of nitrogens with one attached hydrogen (secondary N) is 1. The minimum Gasteiger partial charge on any atom is -0.388 e. The van der Waals surface area contributed by atoms with Crippen molar-refractivity contribution in [3.05, 3.63) is 33.8 Å². The van der Waals surface area contributed by atoms with Crippen molar-refractivity contribution in [2.45, 2.75) is 26.9 Å². The summed E-state index contributed by atoms with van der Waals surface area (Å²) in [7, 11) is 1.90. The Hall–Kier alpha value is -0.380. The van der Waals surface area contributed by atoms with E-state index in [1.807, 2.05) is 32.2 Å². The Morgan fingerprint density at radius 2 is 2.06 bits per heavy atom. The lowest BCUT2D eigenvalue weighted by molar-refractivity contribution is 0.0500. The molecule has 0 aliphatic rings. The minimum absolute atomic E-state index is 0.180. The predicted octanol–water partition coefficient (Wildman–Crippen LogP) is 3.04. The molecule has 0 radical (unpaired) electrons. The molecule has 2 nitrogen and oxygen atoms in total. The maximum absolute atomic E-state index is 10.4. The number of aryl methyl sites for hydroxylation is 1. The summed E-state index contributed by atoms with van der Waals surface area (Å²) in [6, 6.07) is 6.02. The number of aliphatic hydroxyl groups excluding tert-OH is 1. The van der Waals surface area contributed by atoms with Crippen LogP contribution in [0.2, 0.25) is 0 Å². The minimum atomic E-state index is -0.461. The van der Waals surface area contributed by atoms with E-state index in [9.17, 15) is 5.11 Å². The highest BCUT2D eigenvalue weighted by atomic mass is 79.9. The second-order valence-corrected chi connectivity index (χ2v) is 5.84. The highest BCUT2D eigenvalue weighted by Gasteiger charge is 2.29. The molecule has 16 heavy (non-hydrogen) atoms. The van der Waals surface area contributed by atoms with Gasteiger partial charge in [0, 0.05) is 16.4 Å². The third kappa shape index (κ3) is 3.06. The van der Waals surface area contributed by atoms with Gasteiger partial charge in [-0.25, -0.2) is 0 Å². The molecule has 0 aromatic heterocycles. The Morgan fingerprint density at radius 3 is 2.62 bits per heavy atom. The third-order valence-corrected chi connectivity index (χ3v) is 3.40. The van der Waals surface area contributed by atoms with Crippen LogP contribution in [0.25, 0.3) is 0 Å². The SMILES string of the molecule is CNCC(C)(C)C(O)c1cc(Br)ccc1C. The molecule has 1 rings (SSSR count). The molecule has 0 spiro atoms. The van der Waals surface area contributed by atoms with E-state index in [1.165, 1.54) is 0 Å². The van der Waals surface area contributed by atoms with Gasteiger partial charge in [-0.1, -0.05) is 35.8 Å². The Labute approximate surface area is 106 Å². The summed E-state index contributed by atoms with van der Waals surface area (Å²) in [5.74, 6) is 0. The van der Waals surface area contributed by atoms with Crippen LogP contribution in [0, 0.1) is 12.3 Å². The number of hydrogen-bond acceptors (Lipinski definition) is 2. The normalized spacial score (nSPS) is 13.9. The average molecular weight is 286 g/mol. The Kier molecular flexibility index (Phi) is 4.53. The van der Waals surface area contributed by atoms with Crippen LogP contribution in [0.4, 0.5) is 0 Å². The molecule has 0 heterocycles. The Balaban J connectivity index is 3.03. The number of benzene rings is 1. The molecule has 90 valence electrons. The van der Waals surface area contributed by atoms with E-state index in [2.05, 4.69) is 35.1 Å². The largest absolute Gasteiger partial charge is 0.388 e. The first-order valence-corrected chi connectivity index (χ1v) is 6.26. The first-order chi connectivity index (χ1) is 7.38. The van der Waals surface area contributed by atoms with Gasteiger partial charge < -0.3 is 10.4 Å². The second-order valence-electron chi connectivity index (χ2n) is 4.92. The van der Waals surface area contributed by atoms with E-state index in [-0.39, 0.29) is 5.41 Å². The smallest absolute Gasteiger partial charge is 0.0856 e. The number of hydrogen-bond donors (Lipinski definition) is 2. The van der Waals surface area contributed by atoms with Crippen LogP contribution in [0.1, 0.15) is 31.1 Å². The molecule has 2 N–H and O–H groups in total. The molecule has 1 aromatic carbocycles. The molecule has 1 unspecified atom stereocenters. The quantitative estimate of drug-likeness (QED) is 0.891. The summed E-state index contributed by atoms with van der Waals surface area (Å²) in [4.78, 5) is 0. The van der Waals surface area contributed by atoms with Gasteiger partial charge in [-0.05, 0) is 37.2 Å². The van der Waals surface area contributed by atoms with Gasteiger partial charge in [0.2, 0.25) is 0 Å². The summed E-state index contributed by atoms with van der Waals surface area (Å²) in [6.07, 6.45) is -0.461. The van der Waals surface area contributed by atoms with Gasteiger partial charge in [0.1, 0.15) is 0 Å². The molecule has 0 aliphatic heterocycles. The first kappa shape index (κ1) is 13.7. The first-order valence-electron chi connectivity index (χ1n) is 5.47. The number of halogens is 1. The van der Waals surface area contributed by atoms with Gasteiger partial charge in [-0.3, -0.25) is 0 Å². The van der Waals surface area contributed by atoms with Gasteiger partial charge in [-0.2, -0.15) is 0 Å². The maximum atomic E-state index is 10.4. The van der Waals surface area contributed by atoms with Crippen LogP contribution in [0.5, 0.6) is 0 Å². The van der Waals surface area contributed by atoms with Gasteiger partial charge in [-0.15, -0.1) is 0 Å². The van der Waals surface area contributed by atoms with Crippen molar-refractivity contribution >= 4 is 15.9 Å². The van der Waals surface area contributed by atoms with E-state index in [0.29, 0.717) is 0 Å². The number of aliphatic hydroxyl groups is 1. The van der Waals surface area contributed by atoms with E-state index in [1.54, 1.807) is 0 Å². The fraction of sp³-hybridized carbons (Fsp3) is 0.538. The van der Waals surface area contributed by atoms with Crippen molar-refractivity contribution in [3.8, 4) is 0 Å². The fourth-order valence-corrected chi connectivity index (χ4v) is 2.26. The molecule has 1 aromatic rings. The molecule has 0 bridgehead atoms. The van der Waals surface area contributed by atoms with E-state index < -0.39 is 6.10 Å². The molecule has 0 saturated carbocycles. The summed E-state index contributed by atoms with van der Waals surface area (Å²) >= 11 is 3.44. The van der Waals surface area contributed by atoms with E-state index in [0.717, 1.165) is 22.1 Å². The maximum Gasteiger partial charge on any atom is 0.0856 e. The lowest BCUT2D eigenvalue weighted by Crippen LogP contribution is -2.33. The van der Waals surface area contributed by atoms with E-state index >= 15 is 0 Å². The van der Waals surface area contributed by atoms with Crippen molar-refractivity contribution in [2.75, 3.05) is 13.6 Å². The average Bonchev–Trinajstić information content (AvgIpc) is 2.20. The summed E-state index contributed by atoms with van der Waals surface area (Å²) in [5, 5.41) is 13.5. The summed E-state index contributed by atoms with van der Waals surface area (Å²) < 4.78 is 1.01. The topological polar surface area (TPSA) is 32.3 Å². The molecule has 0 aliphatic carbocycles. The highest BCUT2D eigenvalue weighted by molar-refractivity contribution is 9.10. The summed E-state index contributed by atoms with van der Waals surface area (Å²) in [6.45, 7) is 6.93. The van der Waals surface area contributed by atoms with Gasteiger partial charge in [0.25, 0.3) is 0 Å². The van der Waals surface area contributed by atoms with Crippen LogP contribution < -0.4 is 5.32 Å². The monoisotopic (exact) mass is 285 g/mol. The standard InChI is InChI=1S/C13H20BrNO/c1-9-5-6-10(14)7-11(9)12(16)13(2,3)8-15-4/h5-7,12,15-16H,8H2,1-4H3. The van der Waals surface area contributed by atoms with Crippen LogP contribution in [0.15, 0.2) is 22.7 Å². The molecule has 0 fully saturated rings. The predicted molar refractivity (Wildman–Crippen MR) is 71.5 cm³/mol. The van der Waals surface area contributed by atoms with Crippen LogP contribution in [-0.4, -0.2) is 18.7 Å². The highest BCUT2D eigenvalue weighted by Crippen LogP contribution is 2.35. The van der Waals surface area contributed by atoms with Crippen molar-refractivity contribution in [1.82, 2.24) is 5.32 Å². The Morgan fingerprint density at radius 1 is 1.44 bits per heavy atom. The lowest BCUT2D eigenvalue weighted by atomic mass is 9.81. The zero-order valence-electron chi connectivity index (χ0n) is 10.3. The van der Waals surface area contributed by atoms with Gasteiger partial charge in [0.05, 0.1) is 6.10 Å². The third-order valence-electron chi connectivity index (χ3n) is 2.91. The zero-order chi connectivity index (χ0) is 12.3.